The lowest BCUT2D eigenvalue weighted by atomic mass is 10.0. The van der Waals surface area contributed by atoms with E-state index in [1.807, 2.05) is 18.5 Å². The molecule has 0 aliphatic rings. The molecule has 1 aromatic carbocycles. The Kier molecular flexibility index (Phi) is 5.94. The molecule has 3 nitrogen and oxygen atoms in total. The molecule has 2 rings (SSSR count). The molecule has 0 amide bonds. The lowest BCUT2D eigenvalue weighted by molar-refractivity contribution is 0.512. The summed E-state index contributed by atoms with van der Waals surface area (Å²) in [4.78, 5) is 4.44. The van der Waals surface area contributed by atoms with Gasteiger partial charge in [0.1, 0.15) is 11.6 Å². The van der Waals surface area contributed by atoms with Crippen LogP contribution in [0.3, 0.4) is 0 Å². The van der Waals surface area contributed by atoms with Gasteiger partial charge in [0.15, 0.2) is 0 Å². The number of hydrogen-bond acceptors (Lipinski definition) is 2. The molecule has 1 unspecified atom stereocenters. The van der Waals surface area contributed by atoms with E-state index in [9.17, 15) is 4.39 Å². The van der Waals surface area contributed by atoms with Gasteiger partial charge in [-0.2, -0.15) is 0 Å². The van der Waals surface area contributed by atoms with Crippen molar-refractivity contribution in [2.24, 2.45) is 0 Å². The van der Waals surface area contributed by atoms with Crippen LogP contribution in [0.25, 0.3) is 0 Å². The van der Waals surface area contributed by atoms with Crippen molar-refractivity contribution < 1.29 is 4.39 Å². The average Bonchev–Trinajstić information content (AvgIpc) is 2.85. The second-order valence-corrected chi connectivity index (χ2v) is 5.97. The van der Waals surface area contributed by atoms with Crippen molar-refractivity contribution in [1.82, 2.24) is 14.9 Å². The third kappa shape index (κ3) is 4.38. The first-order valence-corrected chi connectivity index (χ1v) is 8.12. The van der Waals surface area contributed by atoms with Crippen LogP contribution in [-0.4, -0.2) is 16.1 Å². The summed E-state index contributed by atoms with van der Waals surface area (Å²) in [5.41, 5.74) is 0.940. The number of hydrogen-bond donors (Lipinski definition) is 1. The van der Waals surface area contributed by atoms with Crippen LogP contribution in [0.2, 0.25) is 0 Å². The van der Waals surface area contributed by atoms with Gasteiger partial charge in [-0.3, -0.25) is 0 Å². The van der Waals surface area contributed by atoms with E-state index in [1.54, 1.807) is 6.07 Å². The van der Waals surface area contributed by atoms with Crippen molar-refractivity contribution in [3.63, 3.8) is 0 Å². The van der Waals surface area contributed by atoms with Crippen LogP contribution < -0.4 is 5.32 Å². The molecular formula is C16H21BrFN3. The maximum Gasteiger partial charge on any atom is 0.124 e. The summed E-state index contributed by atoms with van der Waals surface area (Å²) in [6, 6.07) is 5.08. The van der Waals surface area contributed by atoms with E-state index in [1.165, 1.54) is 6.07 Å². The van der Waals surface area contributed by atoms with Crippen LogP contribution in [0, 0.1) is 5.82 Å². The molecule has 1 atom stereocenters. The molecule has 0 spiro atoms. The largest absolute Gasteiger partial charge is 0.335 e. The Balaban J connectivity index is 2.24. The van der Waals surface area contributed by atoms with Crippen molar-refractivity contribution >= 4 is 15.9 Å². The van der Waals surface area contributed by atoms with E-state index in [0.29, 0.717) is 0 Å². The first kappa shape index (κ1) is 16.2. The monoisotopic (exact) mass is 353 g/mol. The zero-order valence-corrected chi connectivity index (χ0v) is 14.0. The summed E-state index contributed by atoms with van der Waals surface area (Å²) >= 11 is 3.36. The van der Waals surface area contributed by atoms with Gasteiger partial charge in [-0.05, 0) is 36.7 Å². The number of benzene rings is 1. The molecule has 0 bridgehead atoms. The molecule has 0 radical (unpaired) electrons. The van der Waals surface area contributed by atoms with Crippen molar-refractivity contribution in [3.05, 3.63) is 52.3 Å². The van der Waals surface area contributed by atoms with Crippen LogP contribution in [0.5, 0.6) is 0 Å². The van der Waals surface area contributed by atoms with Gasteiger partial charge in [0.2, 0.25) is 0 Å². The Morgan fingerprint density at radius 2 is 2.14 bits per heavy atom. The van der Waals surface area contributed by atoms with Crippen LogP contribution in [0.4, 0.5) is 4.39 Å². The van der Waals surface area contributed by atoms with Crippen molar-refractivity contribution in [3.8, 4) is 0 Å². The molecule has 0 saturated heterocycles. The maximum absolute atomic E-state index is 13.6. The fourth-order valence-electron chi connectivity index (χ4n) is 2.49. The van der Waals surface area contributed by atoms with Gasteiger partial charge in [0.25, 0.3) is 0 Å². The topological polar surface area (TPSA) is 29.9 Å². The number of imidazole rings is 1. The second kappa shape index (κ2) is 7.71. The first-order chi connectivity index (χ1) is 10.1. The first-order valence-electron chi connectivity index (χ1n) is 7.33. The highest BCUT2D eigenvalue weighted by atomic mass is 79.9. The summed E-state index contributed by atoms with van der Waals surface area (Å²) < 4.78 is 16.6. The molecule has 0 fully saturated rings. The summed E-state index contributed by atoms with van der Waals surface area (Å²) in [6.45, 7) is 5.99. The van der Waals surface area contributed by atoms with Crippen molar-refractivity contribution in [2.75, 3.05) is 6.54 Å². The number of aryl methyl sites for hydroxylation is 1. The van der Waals surface area contributed by atoms with Gasteiger partial charge < -0.3 is 9.88 Å². The van der Waals surface area contributed by atoms with E-state index in [4.69, 9.17) is 0 Å². The number of nitrogens with one attached hydrogen (secondary N) is 1. The van der Waals surface area contributed by atoms with Gasteiger partial charge in [-0.1, -0.05) is 29.8 Å². The predicted molar refractivity (Wildman–Crippen MR) is 86.7 cm³/mol. The zero-order chi connectivity index (χ0) is 15.2. The Labute approximate surface area is 133 Å². The Morgan fingerprint density at radius 3 is 2.81 bits per heavy atom. The van der Waals surface area contributed by atoms with E-state index in [-0.39, 0.29) is 11.9 Å². The summed E-state index contributed by atoms with van der Waals surface area (Å²) in [5.74, 6) is 0.808. The fourth-order valence-corrected chi connectivity index (χ4v) is 2.97. The molecule has 0 aliphatic carbocycles. The fraction of sp³-hybridized carbons (Fsp3) is 0.438. The van der Waals surface area contributed by atoms with Crippen molar-refractivity contribution in [2.45, 2.75) is 39.3 Å². The van der Waals surface area contributed by atoms with E-state index in [0.717, 1.165) is 41.8 Å². The Hall–Kier alpha value is -1.20. The Bertz CT molecular complexity index is 562. The van der Waals surface area contributed by atoms with Crippen LogP contribution in [-0.2, 0) is 13.0 Å². The lowest BCUT2D eigenvalue weighted by Crippen LogP contribution is -2.24. The number of halogens is 2. The average molecular weight is 354 g/mol. The second-order valence-electron chi connectivity index (χ2n) is 5.05. The lowest BCUT2D eigenvalue weighted by Gasteiger charge is -2.19. The minimum Gasteiger partial charge on any atom is -0.335 e. The standard InChI is InChI=1S/C16H21BrFN3/c1-3-6-21-7-5-20-16(21)11-15(19-4-2)12-8-13(17)10-14(18)9-12/h5,7-10,15,19H,3-4,6,11H2,1-2H3. The van der Waals surface area contributed by atoms with Gasteiger partial charge in [-0.25, -0.2) is 9.37 Å². The molecule has 114 valence electrons. The predicted octanol–water partition coefficient (Wildman–Crippen LogP) is 4.09. The zero-order valence-electron chi connectivity index (χ0n) is 12.4. The molecule has 2 aromatic rings. The normalized spacial score (nSPS) is 12.6. The van der Waals surface area contributed by atoms with Crippen LogP contribution >= 0.6 is 15.9 Å². The molecule has 5 heteroatoms. The maximum atomic E-state index is 13.6. The van der Waals surface area contributed by atoms with Gasteiger partial charge in [0, 0.05) is 35.9 Å². The molecule has 1 heterocycles. The summed E-state index contributed by atoms with van der Waals surface area (Å²) in [7, 11) is 0. The smallest absolute Gasteiger partial charge is 0.124 e. The molecular weight excluding hydrogens is 333 g/mol. The SMILES string of the molecule is CCCn1ccnc1CC(NCC)c1cc(F)cc(Br)c1. The highest BCUT2D eigenvalue weighted by Crippen LogP contribution is 2.23. The number of rotatable bonds is 7. The number of nitrogens with zero attached hydrogens (tertiary/aromatic N) is 2. The molecule has 1 aromatic heterocycles. The minimum absolute atomic E-state index is 0.0556. The highest BCUT2D eigenvalue weighted by molar-refractivity contribution is 9.10. The summed E-state index contributed by atoms with van der Waals surface area (Å²) in [5, 5.41) is 3.42. The number of aromatic nitrogens is 2. The molecule has 1 N–H and O–H groups in total. The van der Waals surface area contributed by atoms with Crippen molar-refractivity contribution in [1.29, 1.82) is 0 Å². The number of likely N-dealkylation sites (N-methyl/N-ethyl adjacent to an activating group) is 1. The third-order valence-corrected chi connectivity index (χ3v) is 3.85. The van der Waals surface area contributed by atoms with Crippen LogP contribution in [0.15, 0.2) is 35.1 Å². The third-order valence-electron chi connectivity index (χ3n) is 3.39. The van der Waals surface area contributed by atoms with Gasteiger partial charge >= 0.3 is 0 Å². The molecule has 0 saturated carbocycles. The highest BCUT2D eigenvalue weighted by Gasteiger charge is 2.15. The molecule has 0 aliphatic heterocycles. The van der Waals surface area contributed by atoms with Crippen LogP contribution in [0.1, 0.15) is 37.7 Å². The van der Waals surface area contributed by atoms with E-state index in [2.05, 4.69) is 44.6 Å². The quantitative estimate of drug-likeness (QED) is 0.812. The summed E-state index contributed by atoms with van der Waals surface area (Å²) in [6.07, 6.45) is 5.65. The molecule has 21 heavy (non-hydrogen) atoms. The van der Waals surface area contributed by atoms with E-state index >= 15 is 0 Å². The van der Waals surface area contributed by atoms with Gasteiger partial charge in [0.05, 0.1) is 0 Å². The van der Waals surface area contributed by atoms with Gasteiger partial charge in [-0.15, -0.1) is 0 Å². The minimum atomic E-state index is -0.223. The van der Waals surface area contributed by atoms with E-state index < -0.39 is 0 Å². The Morgan fingerprint density at radius 1 is 1.33 bits per heavy atom.